The lowest BCUT2D eigenvalue weighted by atomic mass is 10.4. The molecule has 0 fully saturated rings. The highest BCUT2D eigenvalue weighted by Gasteiger charge is 2.22. The standard InChI is InChI=1S/C16H19N5O2S2/c1-5-21-13(12-7-6-8-23-12)19-20-16(21)25-11(4)14(22)18-15-17-9(2)10(3)24-15/h6-8,11H,5H2,1-4H3,(H,17,18,22)/t11-/m1/s1. The van der Waals surface area contributed by atoms with Crippen molar-refractivity contribution in [1.82, 2.24) is 19.7 Å². The number of carbonyl (C=O) groups excluding carboxylic acids is 1. The molecular weight excluding hydrogens is 358 g/mol. The van der Waals surface area contributed by atoms with Gasteiger partial charge in [-0.15, -0.1) is 21.5 Å². The molecule has 0 aliphatic rings. The molecule has 25 heavy (non-hydrogen) atoms. The first-order valence-corrected chi connectivity index (χ1v) is 9.57. The van der Waals surface area contributed by atoms with Crippen LogP contribution < -0.4 is 5.32 Å². The summed E-state index contributed by atoms with van der Waals surface area (Å²) in [6.07, 6.45) is 1.60. The van der Waals surface area contributed by atoms with Crippen LogP contribution in [0.3, 0.4) is 0 Å². The summed E-state index contributed by atoms with van der Waals surface area (Å²) in [5.41, 5.74) is 0.939. The molecule has 3 aromatic heterocycles. The van der Waals surface area contributed by atoms with Crippen molar-refractivity contribution in [3.8, 4) is 11.6 Å². The predicted molar refractivity (Wildman–Crippen MR) is 98.9 cm³/mol. The quantitative estimate of drug-likeness (QED) is 0.659. The first-order valence-electron chi connectivity index (χ1n) is 7.88. The Hall–Kier alpha value is -2.13. The SMILES string of the molecule is CCn1c(S[C@H](C)C(=O)Nc2nc(C)c(C)s2)nnc1-c1ccco1. The van der Waals surface area contributed by atoms with Gasteiger partial charge in [0.25, 0.3) is 0 Å². The summed E-state index contributed by atoms with van der Waals surface area (Å²) in [4.78, 5) is 17.9. The predicted octanol–water partition coefficient (Wildman–Crippen LogP) is 3.75. The number of furan rings is 1. The first kappa shape index (κ1) is 17.7. The zero-order valence-corrected chi connectivity index (χ0v) is 16.1. The summed E-state index contributed by atoms with van der Waals surface area (Å²) >= 11 is 2.84. The van der Waals surface area contributed by atoms with Crippen molar-refractivity contribution in [2.24, 2.45) is 0 Å². The Bertz CT molecular complexity index is 850. The maximum atomic E-state index is 12.4. The van der Waals surface area contributed by atoms with Gasteiger partial charge in [0, 0.05) is 11.4 Å². The summed E-state index contributed by atoms with van der Waals surface area (Å²) in [7, 11) is 0. The fourth-order valence-corrected chi connectivity index (χ4v) is 3.92. The van der Waals surface area contributed by atoms with Crippen molar-refractivity contribution in [1.29, 1.82) is 0 Å². The third-order valence-corrected chi connectivity index (χ3v) is 5.75. The number of aromatic nitrogens is 4. The summed E-state index contributed by atoms with van der Waals surface area (Å²) in [6.45, 7) is 8.45. The molecule has 3 aromatic rings. The van der Waals surface area contributed by atoms with Crippen LogP contribution in [0.25, 0.3) is 11.6 Å². The Kier molecular flexibility index (Phi) is 5.24. The lowest BCUT2D eigenvalue weighted by Crippen LogP contribution is -2.22. The zero-order valence-electron chi connectivity index (χ0n) is 14.4. The molecule has 0 aliphatic carbocycles. The minimum atomic E-state index is -0.330. The third kappa shape index (κ3) is 3.77. The van der Waals surface area contributed by atoms with Gasteiger partial charge in [0.1, 0.15) is 0 Å². The summed E-state index contributed by atoms with van der Waals surface area (Å²) in [5, 5.41) is 12.3. The maximum absolute atomic E-state index is 12.4. The van der Waals surface area contributed by atoms with Gasteiger partial charge in [0.05, 0.1) is 17.2 Å². The van der Waals surface area contributed by atoms with Crippen molar-refractivity contribution in [2.75, 3.05) is 5.32 Å². The largest absolute Gasteiger partial charge is 0.461 e. The molecule has 1 N–H and O–H groups in total. The second kappa shape index (κ2) is 7.40. The lowest BCUT2D eigenvalue weighted by Gasteiger charge is -2.11. The van der Waals surface area contributed by atoms with Gasteiger partial charge in [-0.2, -0.15) is 0 Å². The van der Waals surface area contributed by atoms with E-state index in [-0.39, 0.29) is 11.2 Å². The molecule has 132 valence electrons. The fourth-order valence-electron chi connectivity index (χ4n) is 2.19. The Morgan fingerprint density at radius 2 is 2.24 bits per heavy atom. The number of rotatable bonds is 6. The molecular formula is C16H19N5O2S2. The van der Waals surface area contributed by atoms with Gasteiger partial charge in [0.15, 0.2) is 21.9 Å². The van der Waals surface area contributed by atoms with Crippen molar-refractivity contribution in [2.45, 2.75) is 44.6 Å². The lowest BCUT2D eigenvalue weighted by molar-refractivity contribution is -0.115. The van der Waals surface area contributed by atoms with Crippen LogP contribution in [0.5, 0.6) is 0 Å². The van der Waals surface area contributed by atoms with Gasteiger partial charge in [-0.05, 0) is 39.8 Å². The molecule has 1 amide bonds. The Morgan fingerprint density at radius 1 is 1.44 bits per heavy atom. The van der Waals surface area contributed by atoms with Crippen LogP contribution in [0.4, 0.5) is 5.13 Å². The zero-order chi connectivity index (χ0) is 18.0. The minimum absolute atomic E-state index is 0.107. The van der Waals surface area contributed by atoms with Gasteiger partial charge in [-0.25, -0.2) is 4.98 Å². The molecule has 0 aliphatic heterocycles. The molecule has 0 aromatic carbocycles. The fraction of sp³-hybridized carbons (Fsp3) is 0.375. The van der Waals surface area contributed by atoms with E-state index in [1.807, 2.05) is 44.4 Å². The van der Waals surface area contributed by atoms with Crippen LogP contribution in [-0.2, 0) is 11.3 Å². The summed E-state index contributed by atoms with van der Waals surface area (Å²) in [6, 6.07) is 3.65. The Balaban J connectivity index is 1.72. The molecule has 9 heteroatoms. The van der Waals surface area contributed by atoms with Gasteiger partial charge in [-0.3, -0.25) is 9.36 Å². The van der Waals surface area contributed by atoms with E-state index < -0.39 is 0 Å². The molecule has 0 bridgehead atoms. The smallest absolute Gasteiger partial charge is 0.239 e. The van der Waals surface area contributed by atoms with Crippen molar-refractivity contribution < 1.29 is 9.21 Å². The van der Waals surface area contributed by atoms with Crippen LogP contribution in [-0.4, -0.2) is 30.9 Å². The molecule has 0 unspecified atom stereocenters. The molecule has 0 spiro atoms. The Labute approximate surface area is 153 Å². The van der Waals surface area contributed by atoms with E-state index in [9.17, 15) is 4.79 Å². The van der Waals surface area contributed by atoms with Gasteiger partial charge in [-0.1, -0.05) is 11.8 Å². The van der Waals surface area contributed by atoms with E-state index >= 15 is 0 Å². The number of hydrogen-bond acceptors (Lipinski definition) is 7. The van der Waals surface area contributed by atoms with E-state index in [0.717, 1.165) is 10.6 Å². The number of hydrogen-bond donors (Lipinski definition) is 1. The number of aryl methyl sites for hydroxylation is 2. The molecule has 3 heterocycles. The van der Waals surface area contributed by atoms with Crippen molar-refractivity contribution in [3.63, 3.8) is 0 Å². The number of amides is 1. The highest BCUT2D eigenvalue weighted by Crippen LogP contribution is 2.28. The maximum Gasteiger partial charge on any atom is 0.239 e. The first-order chi connectivity index (χ1) is 12.0. The number of carbonyl (C=O) groups is 1. The number of thioether (sulfide) groups is 1. The van der Waals surface area contributed by atoms with E-state index in [1.165, 1.54) is 23.1 Å². The average Bonchev–Trinajstić information content (AvgIpc) is 3.28. The molecule has 0 saturated heterocycles. The van der Waals surface area contributed by atoms with Crippen LogP contribution in [0.1, 0.15) is 24.4 Å². The normalized spacial score (nSPS) is 12.3. The Morgan fingerprint density at radius 3 is 2.84 bits per heavy atom. The van der Waals surface area contributed by atoms with Gasteiger partial charge >= 0.3 is 0 Å². The third-order valence-electron chi connectivity index (χ3n) is 3.68. The van der Waals surface area contributed by atoms with Crippen LogP contribution in [0.15, 0.2) is 28.0 Å². The monoisotopic (exact) mass is 377 g/mol. The van der Waals surface area contributed by atoms with Gasteiger partial charge < -0.3 is 9.73 Å². The summed E-state index contributed by atoms with van der Waals surface area (Å²) < 4.78 is 7.34. The van der Waals surface area contributed by atoms with Crippen LogP contribution in [0.2, 0.25) is 0 Å². The average molecular weight is 377 g/mol. The van der Waals surface area contributed by atoms with Gasteiger partial charge in [0.2, 0.25) is 5.91 Å². The highest BCUT2D eigenvalue weighted by molar-refractivity contribution is 8.00. The molecule has 1 atom stereocenters. The molecule has 0 saturated carbocycles. The second-order valence-corrected chi connectivity index (χ2v) is 7.95. The van der Waals surface area contributed by atoms with E-state index in [2.05, 4.69) is 20.5 Å². The second-order valence-electron chi connectivity index (χ2n) is 5.44. The van der Waals surface area contributed by atoms with Crippen LogP contribution in [0, 0.1) is 13.8 Å². The highest BCUT2D eigenvalue weighted by atomic mass is 32.2. The number of nitrogens with one attached hydrogen (secondary N) is 1. The number of thiazole rings is 1. The van der Waals surface area contributed by atoms with Crippen molar-refractivity contribution in [3.05, 3.63) is 29.0 Å². The minimum Gasteiger partial charge on any atom is -0.461 e. The van der Waals surface area contributed by atoms with Crippen LogP contribution >= 0.6 is 23.1 Å². The van der Waals surface area contributed by atoms with Crippen molar-refractivity contribution >= 4 is 34.1 Å². The van der Waals surface area contributed by atoms with E-state index in [0.29, 0.717) is 28.4 Å². The number of nitrogens with zero attached hydrogens (tertiary/aromatic N) is 4. The topological polar surface area (TPSA) is 85.8 Å². The summed E-state index contributed by atoms with van der Waals surface area (Å²) in [5.74, 6) is 1.21. The molecule has 3 rings (SSSR count). The molecule has 0 radical (unpaired) electrons. The molecule has 7 nitrogen and oxygen atoms in total. The van der Waals surface area contributed by atoms with E-state index in [4.69, 9.17) is 4.42 Å². The number of anilines is 1. The van der Waals surface area contributed by atoms with E-state index in [1.54, 1.807) is 6.26 Å².